The lowest BCUT2D eigenvalue weighted by Crippen LogP contribution is -2.63. The van der Waals surface area contributed by atoms with Crippen molar-refractivity contribution in [3.05, 3.63) is 242 Å². The molecule has 6 aliphatic rings. The van der Waals surface area contributed by atoms with E-state index in [2.05, 4.69) is 240 Å². The van der Waals surface area contributed by atoms with E-state index in [-0.39, 0.29) is 13.4 Å². The first-order valence-corrected chi connectivity index (χ1v) is 29.9. The van der Waals surface area contributed by atoms with E-state index in [0.717, 1.165) is 62.2 Å². The molecule has 0 radical (unpaired) electrons. The molecule has 11 aromatic carbocycles. The van der Waals surface area contributed by atoms with Gasteiger partial charge in [-0.15, -0.1) is 0 Å². The van der Waals surface area contributed by atoms with Crippen molar-refractivity contribution in [2.24, 2.45) is 0 Å². The Kier molecular flexibility index (Phi) is 10.3. The number of fused-ring (bicyclic) bond motifs is 13. The van der Waals surface area contributed by atoms with Gasteiger partial charge in [0.25, 0.3) is 13.4 Å². The van der Waals surface area contributed by atoms with Crippen molar-refractivity contribution < 1.29 is 9.47 Å². The van der Waals surface area contributed by atoms with E-state index in [0.29, 0.717) is 11.8 Å². The van der Waals surface area contributed by atoms with Crippen LogP contribution < -0.4 is 47.2 Å². The lowest BCUT2D eigenvalue weighted by atomic mass is 9.31. The zero-order valence-corrected chi connectivity index (χ0v) is 45.6. The lowest BCUT2D eigenvalue weighted by molar-refractivity contribution is 0.474. The van der Waals surface area contributed by atoms with E-state index < -0.39 is 0 Å². The van der Waals surface area contributed by atoms with Crippen LogP contribution in [0.4, 0.5) is 17.1 Å². The molecular weight excluding hydrogens is 994 g/mol. The Labute approximate surface area is 479 Å². The molecule has 388 valence electrons. The Balaban J connectivity index is 0.993. The van der Waals surface area contributed by atoms with E-state index in [4.69, 9.17) is 9.47 Å². The quantitative estimate of drug-likeness (QED) is 0.149. The summed E-state index contributed by atoms with van der Waals surface area (Å²) in [6.45, 7) is -0.349. The van der Waals surface area contributed by atoms with Crippen LogP contribution >= 0.6 is 0 Å². The molecule has 6 heteroatoms. The number of rotatable bonds is 7. The molecule has 12 aromatic rings. The first kappa shape index (κ1) is 46.5. The predicted octanol–water partition coefficient (Wildman–Crippen LogP) is 16.1. The molecule has 0 spiro atoms. The highest BCUT2D eigenvalue weighted by Crippen LogP contribution is 2.53. The van der Waals surface area contributed by atoms with Gasteiger partial charge >= 0.3 is 0 Å². The fourth-order valence-corrected chi connectivity index (χ4v) is 15.7. The number of anilines is 3. The van der Waals surface area contributed by atoms with E-state index in [9.17, 15) is 0 Å². The summed E-state index contributed by atoms with van der Waals surface area (Å²) < 4.78 is 18.5. The van der Waals surface area contributed by atoms with Crippen LogP contribution in [-0.2, 0) is 0 Å². The summed E-state index contributed by atoms with van der Waals surface area (Å²) in [4.78, 5) is 2.54. The van der Waals surface area contributed by atoms with Crippen molar-refractivity contribution in [2.45, 2.75) is 63.2 Å². The lowest BCUT2D eigenvalue weighted by Gasteiger charge is -2.45. The first-order chi connectivity index (χ1) is 40.7. The Morgan fingerprint density at radius 3 is 1.39 bits per heavy atom. The van der Waals surface area contributed by atoms with Gasteiger partial charge in [-0.3, -0.25) is 0 Å². The molecule has 4 nitrogen and oxygen atoms in total. The van der Waals surface area contributed by atoms with Gasteiger partial charge in [-0.25, -0.2) is 0 Å². The minimum absolute atomic E-state index is 0.174. The molecule has 5 heterocycles. The van der Waals surface area contributed by atoms with E-state index >= 15 is 0 Å². The molecular formula is C76H56B2N2O2. The van der Waals surface area contributed by atoms with Gasteiger partial charge in [0, 0.05) is 38.6 Å². The van der Waals surface area contributed by atoms with Crippen LogP contribution in [0.3, 0.4) is 0 Å². The Bertz CT molecular complexity index is 4580. The maximum absolute atomic E-state index is 7.94. The van der Waals surface area contributed by atoms with Crippen LogP contribution in [0.2, 0.25) is 0 Å². The standard InChI is InChI=1S/C76H56B2N2O2/c1-5-17-47(18-6-1)53-29-35-59(36-30-53)79-67-38-32-55(49-21-9-3-10-22-49)43-62(67)77-63-44-56(50-25-13-14-26-50)33-39-68(63)82-76-70(77)73(79)75-71-74(76)80-66-37-31-54(48-19-7-2-8-20-48)41-60(66)61-42-58(52-23-11-4-12-24-52)46-65(72(61)80)78(71)64-45-57(34-40-69(64)81-75)51-27-15-16-28-51/h1-12,17-24,29-46,50-51H,13-16,25-28H2. The van der Waals surface area contributed by atoms with Crippen molar-refractivity contribution in [1.29, 1.82) is 0 Å². The molecule has 0 amide bonds. The highest BCUT2D eigenvalue weighted by molar-refractivity contribution is 7.02. The summed E-state index contributed by atoms with van der Waals surface area (Å²) in [5.41, 5.74) is 26.5. The van der Waals surface area contributed by atoms with Gasteiger partial charge in [0.05, 0.1) is 16.9 Å². The molecule has 0 N–H and O–H groups in total. The van der Waals surface area contributed by atoms with Crippen LogP contribution in [-0.4, -0.2) is 18.0 Å². The maximum Gasteiger partial charge on any atom is 0.256 e. The second-order valence-electron chi connectivity index (χ2n) is 24.0. The van der Waals surface area contributed by atoms with Gasteiger partial charge in [0.15, 0.2) is 0 Å². The number of ether oxygens (including phenoxy) is 2. The van der Waals surface area contributed by atoms with Crippen LogP contribution in [0.15, 0.2) is 231 Å². The molecule has 2 aliphatic carbocycles. The van der Waals surface area contributed by atoms with E-state index in [1.807, 2.05) is 0 Å². The van der Waals surface area contributed by atoms with Crippen LogP contribution in [0.1, 0.15) is 74.3 Å². The van der Waals surface area contributed by atoms with Crippen molar-refractivity contribution in [3.63, 3.8) is 0 Å². The van der Waals surface area contributed by atoms with Crippen LogP contribution in [0.25, 0.3) is 72.0 Å². The normalized spacial score (nSPS) is 15.4. The molecule has 0 saturated heterocycles. The van der Waals surface area contributed by atoms with Gasteiger partial charge in [0.2, 0.25) is 0 Å². The van der Waals surface area contributed by atoms with Gasteiger partial charge in [-0.05, 0) is 164 Å². The Morgan fingerprint density at radius 2 is 0.805 bits per heavy atom. The highest BCUT2D eigenvalue weighted by atomic mass is 16.5. The monoisotopic (exact) mass is 1050 g/mol. The van der Waals surface area contributed by atoms with Gasteiger partial charge in [0.1, 0.15) is 23.0 Å². The van der Waals surface area contributed by atoms with Crippen molar-refractivity contribution in [2.75, 3.05) is 4.90 Å². The highest BCUT2D eigenvalue weighted by Gasteiger charge is 2.52. The minimum atomic E-state index is -0.175. The maximum atomic E-state index is 7.94. The molecule has 0 unspecified atom stereocenters. The third-order valence-electron chi connectivity index (χ3n) is 19.6. The summed E-state index contributed by atoms with van der Waals surface area (Å²) in [6.07, 6.45) is 9.96. The van der Waals surface area contributed by atoms with Gasteiger partial charge < -0.3 is 18.9 Å². The molecule has 0 bridgehead atoms. The molecule has 2 fully saturated rings. The van der Waals surface area contributed by atoms with Gasteiger partial charge in [-0.1, -0.05) is 208 Å². The minimum Gasteiger partial charge on any atom is -0.456 e. The third kappa shape index (κ3) is 6.94. The SMILES string of the molecule is c1ccc(-c2ccc(N3c4ccc(-c5ccccc5)cc4B4c5cc(C6CCCC6)ccc5Oc5c4c3c3c4c5-n5c6ccc(-c7ccccc7)cc6c6cc(-c7ccccc7)cc(c65)B4c4cc(C5CCCC5)ccc4O3)cc2)cc1. The Hall–Kier alpha value is -9.25. The zero-order valence-electron chi connectivity index (χ0n) is 45.6. The molecule has 18 rings (SSSR count). The van der Waals surface area contributed by atoms with Crippen LogP contribution in [0.5, 0.6) is 23.0 Å². The summed E-state index contributed by atoms with van der Waals surface area (Å²) in [7, 11) is 0. The fourth-order valence-electron chi connectivity index (χ4n) is 15.7. The number of hydrogen-bond acceptors (Lipinski definition) is 3. The number of hydrogen-bond donors (Lipinski definition) is 0. The largest absolute Gasteiger partial charge is 0.456 e. The van der Waals surface area contributed by atoms with Gasteiger partial charge in [-0.2, -0.15) is 0 Å². The average molecular weight is 1050 g/mol. The molecule has 0 atom stereocenters. The van der Waals surface area contributed by atoms with E-state index in [1.165, 1.54) is 145 Å². The summed E-state index contributed by atoms with van der Waals surface area (Å²) in [5, 5.41) is 2.47. The van der Waals surface area contributed by atoms with E-state index in [1.54, 1.807) is 0 Å². The topological polar surface area (TPSA) is 26.6 Å². The van der Waals surface area contributed by atoms with Crippen LogP contribution in [0, 0.1) is 0 Å². The molecule has 82 heavy (non-hydrogen) atoms. The smallest absolute Gasteiger partial charge is 0.256 e. The summed E-state index contributed by atoms with van der Waals surface area (Å²) >= 11 is 0. The molecule has 1 aromatic heterocycles. The second-order valence-corrected chi connectivity index (χ2v) is 24.0. The molecule has 4 aliphatic heterocycles. The number of aromatic nitrogens is 1. The predicted molar refractivity (Wildman–Crippen MR) is 342 cm³/mol. The Morgan fingerprint density at radius 1 is 0.354 bits per heavy atom. The summed E-state index contributed by atoms with van der Waals surface area (Å²) in [6, 6.07) is 86.7. The van der Waals surface area contributed by atoms with Crippen molar-refractivity contribution in [3.8, 4) is 73.2 Å². The third-order valence-corrected chi connectivity index (χ3v) is 19.6. The van der Waals surface area contributed by atoms with Crippen molar-refractivity contribution >= 4 is 85.1 Å². The fraction of sp³-hybridized carbons (Fsp3) is 0.132. The average Bonchev–Trinajstić information content (AvgIpc) is 3.80. The molecule has 2 saturated carbocycles. The zero-order chi connectivity index (χ0) is 53.6. The summed E-state index contributed by atoms with van der Waals surface area (Å²) in [5.74, 6) is 4.73. The number of benzene rings is 11. The van der Waals surface area contributed by atoms with Crippen molar-refractivity contribution in [1.82, 2.24) is 4.57 Å². The first-order valence-electron chi connectivity index (χ1n) is 29.9. The second kappa shape index (κ2) is 18.1. The number of nitrogens with zero attached hydrogens (tertiary/aromatic N) is 2.